The van der Waals surface area contributed by atoms with E-state index in [1.54, 1.807) is 4.90 Å². The molecule has 0 aromatic heterocycles. The van der Waals surface area contributed by atoms with Gasteiger partial charge in [-0.1, -0.05) is 42.5 Å². The predicted molar refractivity (Wildman–Crippen MR) is 99.2 cm³/mol. The summed E-state index contributed by atoms with van der Waals surface area (Å²) < 4.78 is 0. The molecule has 0 atom stereocenters. The highest BCUT2D eigenvalue weighted by molar-refractivity contribution is 5.90. The Bertz CT molecular complexity index is 675. The summed E-state index contributed by atoms with van der Waals surface area (Å²) >= 11 is 0. The van der Waals surface area contributed by atoms with Crippen LogP contribution in [0, 0.1) is 12.8 Å². The van der Waals surface area contributed by atoms with Crippen molar-refractivity contribution in [3.05, 3.63) is 65.7 Å². The first-order valence-corrected chi connectivity index (χ1v) is 8.82. The summed E-state index contributed by atoms with van der Waals surface area (Å²) in [5.74, 6) is 1.18. The van der Waals surface area contributed by atoms with E-state index in [2.05, 4.69) is 30.3 Å². The fourth-order valence-corrected chi connectivity index (χ4v) is 3.78. The minimum absolute atomic E-state index is 0.356. The van der Waals surface area contributed by atoms with E-state index < -0.39 is 0 Å². The zero-order valence-corrected chi connectivity index (χ0v) is 14.3. The minimum Gasteiger partial charge on any atom is -0.351 e. The Balaban J connectivity index is 1.62. The maximum atomic E-state index is 11.9. The van der Waals surface area contributed by atoms with E-state index in [9.17, 15) is 4.79 Å². The summed E-state index contributed by atoms with van der Waals surface area (Å²) in [6.07, 6.45) is 4.68. The molecule has 24 heavy (non-hydrogen) atoms. The number of primary amides is 1. The Morgan fingerprint density at radius 2 is 1.75 bits per heavy atom. The van der Waals surface area contributed by atoms with Crippen LogP contribution in [0.3, 0.4) is 0 Å². The maximum Gasteiger partial charge on any atom is 0.319 e. The van der Waals surface area contributed by atoms with E-state index >= 15 is 0 Å². The number of benzene rings is 2. The number of urea groups is 1. The lowest BCUT2D eigenvalue weighted by Crippen LogP contribution is -2.40. The first-order valence-electron chi connectivity index (χ1n) is 8.82. The number of nitrogens with two attached hydrogens (primary N) is 1. The molecule has 0 aliphatic heterocycles. The highest BCUT2D eigenvalue weighted by Crippen LogP contribution is 2.36. The third kappa shape index (κ3) is 3.97. The largest absolute Gasteiger partial charge is 0.351 e. The highest BCUT2D eigenvalue weighted by atomic mass is 16.2. The van der Waals surface area contributed by atoms with Gasteiger partial charge in [0, 0.05) is 12.2 Å². The molecule has 2 N–H and O–H groups in total. The zero-order chi connectivity index (χ0) is 16.9. The Hall–Kier alpha value is -2.29. The standard InChI is InChI=1S/C21H26N2O/c1-16-6-5-9-20(14-16)23(21(22)24)15-17-10-12-19(13-11-17)18-7-3-2-4-8-18/h2-9,14,17,19H,10-13,15H2,1H3,(H2,22,24). The van der Waals surface area contributed by atoms with Crippen molar-refractivity contribution in [1.29, 1.82) is 0 Å². The number of carbonyl (C=O) groups is 1. The van der Waals surface area contributed by atoms with Crippen LogP contribution in [-0.2, 0) is 0 Å². The van der Waals surface area contributed by atoms with Gasteiger partial charge in [0.2, 0.25) is 0 Å². The average Bonchev–Trinajstić information content (AvgIpc) is 2.61. The van der Waals surface area contributed by atoms with Gasteiger partial charge >= 0.3 is 6.03 Å². The first-order chi connectivity index (χ1) is 11.6. The number of rotatable bonds is 4. The number of anilines is 1. The van der Waals surface area contributed by atoms with Crippen LogP contribution in [0.5, 0.6) is 0 Å². The van der Waals surface area contributed by atoms with Gasteiger partial charge in [-0.05, 0) is 67.7 Å². The SMILES string of the molecule is Cc1cccc(N(CC2CCC(c3ccccc3)CC2)C(N)=O)c1. The summed E-state index contributed by atoms with van der Waals surface area (Å²) in [4.78, 5) is 13.7. The molecule has 1 aliphatic carbocycles. The summed E-state index contributed by atoms with van der Waals surface area (Å²) in [5.41, 5.74) is 9.14. The molecular weight excluding hydrogens is 296 g/mol. The average molecular weight is 322 g/mol. The van der Waals surface area contributed by atoms with Gasteiger partial charge in [0.05, 0.1) is 0 Å². The number of amides is 2. The fourth-order valence-electron chi connectivity index (χ4n) is 3.78. The summed E-state index contributed by atoms with van der Waals surface area (Å²) in [6, 6.07) is 18.4. The van der Waals surface area contributed by atoms with Gasteiger partial charge in [-0.2, -0.15) is 0 Å². The molecule has 126 valence electrons. The molecule has 0 spiro atoms. The molecule has 0 heterocycles. The van der Waals surface area contributed by atoms with Crippen molar-refractivity contribution in [2.45, 2.75) is 38.5 Å². The molecule has 1 aliphatic rings. The van der Waals surface area contributed by atoms with Crippen molar-refractivity contribution >= 4 is 11.7 Å². The minimum atomic E-state index is -0.356. The molecule has 1 saturated carbocycles. The second-order valence-electron chi connectivity index (χ2n) is 6.92. The van der Waals surface area contributed by atoms with Gasteiger partial charge < -0.3 is 5.73 Å². The van der Waals surface area contributed by atoms with Gasteiger partial charge in [-0.25, -0.2) is 4.79 Å². The van der Waals surface area contributed by atoms with Crippen LogP contribution >= 0.6 is 0 Å². The molecular formula is C21H26N2O. The van der Waals surface area contributed by atoms with Crippen molar-refractivity contribution in [3.63, 3.8) is 0 Å². The fraction of sp³-hybridized carbons (Fsp3) is 0.381. The molecule has 3 heteroatoms. The van der Waals surface area contributed by atoms with Crippen LogP contribution < -0.4 is 10.6 Å². The Morgan fingerprint density at radius 3 is 2.38 bits per heavy atom. The van der Waals surface area contributed by atoms with E-state index in [0.717, 1.165) is 30.6 Å². The Labute approximate surface area is 144 Å². The lowest BCUT2D eigenvalue weighted by atomic mass is 9.78. The molecule has 0 radical (unpaired) electrons. The monoisotopic (exact) mass is 322 g/mol. The molecule has 3 nitrogen and oxygen atoms in total. The quantitative estimate of drug-likeness (QED) is 0.859. The van der Waals surface area contributed by atoms with Crippen molar-refractivity contribution < 1.29 is 4.79 Å². The number of hydrogen-bond donors (Lipinski definition) is 1. The van der Waals surface area contributed by atoms with Crippen LogP contribution in [0.2, 0.25) is 0 Å². The topological polar surface area (TPSA) is 46.3 Å². The zero-order valence-electron chi connectivity index (χ0n) is 14.3. The molecule has 0 bridgehead atoms. The molecule has 3 rings (SSSR count). The maximum absolute atomic E-state index is 11.9. The molecule has 0 saturated heterocycles. The van der Waals surface area contributed by atoms with Crippen LogP contribution in [0.1, 0.15) is 42.7 Å². The van der Waals surface area contributed by atoms with Gasteiger partial charge in [0.15, 0.2) is 0 Å². The van der Waals surface area contributed by atoms with E-state index in [1.807, 2.05) is 31.2 Å². The van der Waals surface area contributed by atoms with Crippen LogP contribution in [0.15, 0.2) is 54.6 Å². The summed E-state index contributed by atoms with van der Waals surface area (Å²) in [6.45, 7) is 2.76. The molecule has 2 aromatic carbocycles. The number of aryl methyl sites for hydroxylation is 1. The molecule has 1 fully saturated rings. The molecule has 0 unspecified atom stereocenters. The lowest BCUT2D eigenvalue weighted by molar-refractivity contribution is 0.250. The van der Waals surface area contributed by atoms with E-state index in [4.69, 9.17) is 5.73 Å². The van der Waals surface area contributed by atoms with E-state index in [0.29, 0.717) is 11.8 Å². The van der Waals surface area contributed by atoms with Gasteiger partial charge in [0.25, 0.3) is 0 Å². The number of hydrogen-bond acceptors (Lipinski definition) is 1. The Morgan fingerprint density at radius 1 is 1.04 bits per heavy atom. The normalized spacial score (nSPS) is 20.5. The second-order valence-corrected chi connectivity index (χ2v) is 6.92. The van der Waals surface area contributed by atoms with Gasteiger partial charge in [0.1, 0.15) is 0 Å². The third-order valence-corrected chi connectivity index (χ3v) is 5.14. The first kappa shape index (κ1) is 16.6. The van der Waals surface area contributed by atoms with Crippen LogP contribution in [0.4, 0.5) is 10.5 Å². The summed E-state index contributed by atoms with van der Waals surface area (Å²) in [7, 11) is 0. The molecule has 2 amide bonds. The lowest BCUT2D eigenvalue weighted by Gasteiger charge is -2.32. The highest BCUT2D eigenvalue weighted by Gasteiger charge is 2.25. The molecule has 2 aromatic rings. The second kappa shape index (κ2) is 7.52. The van der Waals surface area contributed by atoms with E-state index in [-0.39, 0.29) is 6.03 Å². The third-order valence-electron chi connectivity index (χ3n) is 5.14. The van der Waals surface area contributed by atoms with Crippen LogP contribution in [-0.4, -0.2) is 12.6 Å². The van der Waals surface area contributed by atoms with Crippen molar-refractivity contribution in [2.24, 2.45) is 11.7 Å². The van der Waals surface area contributed by atoms with Crippen LogP contribution in [0.25, 0.3) is 0 Å². The van der Waals surface area contributed by atoms with E-state index in [1.165, 1.54) is 18.4 Å². The van der Waals surface area contributed by atoms with Crippen molar-refractivity contribution in [3.8, 4) is 0 Å². The summed E-state index contributed by atoms with van der Waals surface area (Å²) in [5, 5.41) is 0. The predicted octanol–water partition coefficient (Wildman–Crippen LogP) is 4.85. The van der Waals surface area contributed by atoms with Crippen molar-refractivity contribution in [2.75, 3.05) is 11.4 Å². The van der Waals surface area contributed by atoms with Gasteiger partial charge in [-0.15, -0.1) is 0 Å². The number of carbonyl (C=O) groups excluding carboxylic acids is 1. The number of nitrogens with zero attached hydrogens (tertiary/aromatic N) is 1. The van der Waals surface area contributed by atoms with Crippen molar-refractivity contribution in [1.82, 2.24) is 0 Å². The smallest absolute Gasteiger partial charge is 0.319 e. The van der Waals surface area contributed by atoms with Gasteiger partial charge in [-0.3, -0.25) is 4.90 Å². The Kier molecular flexibility index (Phi) is 5.19.